The molecule has 0 aliphatic heterocycles. The highest BCUT2D eigenvalue weighted by Crippen LogP contribution is 2.32. The summed E-state index contributed by atoms with van der Waals surface area (Å²) in [6, 6.07) is 6.35. The van der Waals surface area contributed by atoms with Crippen molar-refractivity contribution in [1.29, 1.82) is 0 Å². The Morgan fingerprint density at radius 1 is 1.33 bits per heavy atom. The standard InChI is InChI=1S/C12H11Cl2FN2S/c13-8-4-5-18-12(8)10(17-16)6-7-2-1-3-9(15)11(7)14/h1-5,10,17H,6,16H2. The molecule has 2 rings (SSSR count). The first-order valence-corrected chi connectivity index (χ1v) is 6.89. The Morgan fingerprint density at radius 2 is 2.11 bits per heavy atom. The van der Waals surface area contributed by atoms with Gasteiger partial charge in [0, 0.05) is 4.88 Å². The predicted octanol–water partition coefficient (Wildman–Crippen LogP) is 3.94. The molecule has 6 heteroatoms. The van der Waals surface area contributed by atoms with E-state index in [0.29, 0.717) is 17.0 Å². The van der Waals surface area contributed by atoms with Crippen molar-refractivity contribution < 1.29 is 4.39 Å². The Bertz CT molecular complexity index is 545. The van der Waals surface area contributed by atoms with E-state index in [1.807, 2.05) is 5.38 Å². The third-order valence-electron chi connectivity index (χ3n) is 2.62. The number of halogens is 3. The third kappa shape index (κ3) is 2.84. The summed E-state index contributed by atoms with van der Waals surface area (Å²) >= 11 is 13.5. The van der Waals surface area contributed by atoms with Crippen LogP contribution in [0.3, 0.4) is 0 Å². The van der Waals surface area contributed by atoms with Crippen LogP contribution in [-0.4, -0.2) is 0 Å². The first-order valence-electron chi connectivity index (χ1n) is 5.25. The van der Waals surface area contributed by atoms with Gasteiger partial charge in [-0.25, -0.2) is 4.39 Å². The molecule has 1 unspecified atom stereocenters. The zero-order chi connectivity index (χ0) is 13.1. The molecule has 0 radical (unpaired) electrons. The molecule has 0 saturated heterocycles. The van der Waals surface area contributed by atoms with Crippen LogP contribution in [0.2, 0.25) is 10.0 Å². The molecule has 1 heterocycles. The van der Waals surface area contributed by atoms with Crippen molar-refractivity contribution in [2.24, 2.45) is 5.84 Å². The van der Waals surface area contributed by atoms with Crippen LogP contribution in [0.15, 0.2) is 29.6 Å². The van der Waals surface area contributed by atoms with Crippen LogP contribution in [0.25, 0.3) is 0 Å². The summed E-state index contributed by atoms with van der Waals surface area (Å²) in [5.41, 5.74) is 3.38. The molecular formula is C12H11Cl2FN2S. The van der Waals surface area contributed by atoms with E-state index < -0.39 is 5.82 Å². The minimum absolute atomic E-state index is 0.130. The summed E-state index contributed by atoms with van der Waals surface area (Å²) in [4.78, 5) is 0.916. The monoisotopic (exact) mass is 304 g/mol. The van der Waals surface area contributed by atoms with Crippen LogP contribution >= 0.6 is 34.5 Å². The van der Waals surface area contributed by atoms with Crippen LogP contribution in [0.1, 0.15) is 16.5 Å². The SMILES string of the molecule is NNC(Cc1cccc(F)c1Cl)c1sccc1Cl. The van der Waals surface area contributed by atoms with Gasteiger partial charge >= 0.3 is 0 Å². The lowest BCUT2D eigenvalue weighted by Gasteiger charge is -2.16. The van der Waals surface area contributed by atoms with Gasteiger partial charge in [-0.3, -0.25) is 11.3 Å². The summed E-state index contributed by atoms with van der Waals surface area (Å²) in [5.74, 6) is 5.10. The number of nitrogens with two attached hydrogens (primary N) is 1. The smallest absolute Gasteiger partial charge is 0.142 e. The molecule has 0 amide bonds. The molecule has 1 atom stereocenters. The van der Waals surface area contributed by atoms with Gasteiger partial charge in [0.05, 0.1) is 16.1 Å². The van der Waals surface area contributed by atoms with Gasteiger partial charge in [0.2, 0.25) is 0 Å². The van der Waals surface area contributed by atoms with E-state index in [1.54, 1.807) is 18.2 Å². The van der Waals surface area contributed by atoms with E-state index in [9.17, 15) is 4.39 Å². The van der Waals surface area contributed by atoms with Crippen LogP contribution in [0.4, 0.5) is 4.39 Å². The average molecular weight is 305 g/mol. The normalized spacial score (nSPS) is 12.7. The number of hydrogen-bond donors (Lipinski definition) is 2. The second-order valence-electron chi connectivity index (χ2n) is 3.77. The molecular weight excluding hydrogens is 294 g/mol. The zero-order valence-corrected chi connectivity index (χ0v) is 11.6. The Kier molecular flexibility index (Phi) is 4.59. The van der Waals surface area contributed by atoms with Crippen molar-refractivity contribution in [3.8, 4) is 0 Å². The Morgan fingerprint density at radius 3 is 2.72 bits per heavy atom. The molecule has 1 aromatic heterocycles. The van der Waals surface area contributed by atoms with Gasteiger partial charge in [-0.15, -0.1) is 11.3 Å². The fourth-order valence-electron chi connectivity index (χ4n) is 1.71. The van der Waals surface area contributed by atoms with Gasteiger partial charge < -0.3 is 0 Å². The minimum atomic E-state index is -0.429. The molecule has 0 bridgehead atoms. The summed E-state index contributed by atoms with van der Waals surface area (Å²) in [7, 11) is 0. The van der Waals surface area contributed by atoms with Crippen LogP contribution in [0.5, 0.6) is 0 Å². The molecule has 0 fully saturated rings. The van der Waals surface area contributed by atoms with Gasteiger partial charge in [0.1, 0.15) is 5.82 Å². The van der Waals surface area contributed by atoms with Crippen molar-refractivity contribution in [2.45, 2.75) is 12.5 Å². The van der Waals surface area contributed by atoms with Gasteiger partial charge in [0.15, 0.2) is 0 Å². The van der Waals surface area contributed by atoms with E-state index in [1.165, 1.54) is 17.4 Å². The fourth-order valence-corrected chi connectivity index (χ4v) is 3.16. The number of rotatable bonds is 4. The molecule has 0 saturated carbocycles. The Hall–Kier alpha value is -0.650. The van der Waals surface area contributed by atoms with Crippen molar-refractivity contribution >= 4 is 34.5 Å². The molecule has 96 valence electrons. The van der Waals surface area contributed by atoms with Crippen LogP contribution in [0, 0.1) is 5.82 Å². The summed E-state index contributed by atoms with van der Waals surface area (Å²) in [6.07, 6.45) is 0.479. The van der Waals surface area contributed by atoms with E-state index in [0.717, 1.165) is 4.88 Å². The Labute approximate surface area is 118 Å². The average Bonchev–Trinajstić information content (AvgIpc) is 2.77. The lowest BCUT2D eigenvalue weighted by Crippen LogP contribution is -2.29. The van der Waals surface area contributed by atoms with Crippen molar-refractivity contribution in [1.82, 2.24) is 5.43 Å². The molecule has 2 aromatic rings. The molecule has 2 nitrogen and oxygen atoms in total. The Balaban J connectivity index is 2.26. The zero-order valence-electron chi connectivity index (χ0n) is 9.29. The lowest BCUT2D eigenvalue weighted by molar-refractivity contribution is 0.557. The molecule has 18 heavy (non-hydrogen) atoms. The van der Waals surface area contributed by atoms with E-state index in [-0.39, 0.29) is 11.1 Å². The predicted molar refractivity (Wildman–Crippen MR) is 74.5 cm³/mol. The third-order valence-corrected chi connectivity index (χ3v) is 4.51. The number of hydrazine groups is 1. The first kappa shape index (κ1) is 13.8. The van der Waals surface area contributed by atoms with E-state index in [4.69, 9.17) is 29.0 Å². The maximum absolute atomic E-state index is 13.3. The highest BCUT2D eigenvalue weighted by atomic mass is 35.5. The molecule has 1 aromatic carbocycles. The van der Waals surface area contributed by atoms with Gasteiger partial charge in [-0.05, 0) is 29.5 Å². The summed E-state index contributed by atoms with van der Waals surface area (Å²) < 4.78 is 13.3. The number of benzene rings is 1. The maximum Gasteiger partial charge on any atom is 0.142 e. The molecule has 0 spiro atoms. The van der Waals surface area contributed by atoms with Gasteiger partial charge in [-0.1, -0.05) is 35.3 Å². The van der Waals surface area contributed by atoms with Gasteiger partial charge in [-0.2, -0.15) is 0 Å². The highest BCUT2D eigenvalue weighted by Gasteiger charge is 2.17. The molecule has 0 aliphatic carbocycles. The van der Waals surface area contributed by atoms with Gasteiger partial charge in [0.25, 0.3) is 0 Å². The van der Waals surface area contributed by atoms with Crippen LogP contribution < -0.4 is 11.3 Å². The van der Waals surface area contributed by atoms with E-state index in [2.05, 4.69) is 5.43 Å². The van der Waals surface area contributed by atoms with Crippen LogP contribution in [-0.2, 0) is 6.42 Å². The quantitative estimate of drug-likeness (QED) is 0.663. The number of thiophene rings is 1. The summed E-state index contributed by atoms with van der Waals surface area (Å²) in [5, 5.41) is 2.66. The fraction of sp³-hybridized carbons (Fsp3) is 0.167. The lowest BCUT2D eigenvalue weighted by atomic mass is 10.0. The second kappa shape index (κ2) is 5.99. The topological polar surface area (TPSA) is 38.0 Å². The molecule has 0 aliphatic rings. The van der Waals surface area contributed by atoms with E-state index >= 15 is 0 Å². The van der Waals surface area contributed by atoms with Crippen molar-refractivity contribution in [3.63, 3.8) is 0 Å². The second-order valence-corrected chi connectivity index (χ2v) is 5.50. The minimum Gasteiger partial charge on any atom is -0.271 e. The summed E-state index contributed by atoms with van der Waals surface area (Å²) in [6.45, 7) is 0. The number of hydrogen-bond acceptors (Lipinski definition) is 3. The number of nitrogens with one attached hydrogen (secondary N) is 1. The first-order chi connectivity index (χ1) is 8.63. The highest BCUT2D eigenvalue weighted by molar-refractivity contribution is 7.10. The largest absolute Gasteiger partial charge is 0.271 e. The molecule has 3 N–H and O–H groups in total. The van der Waals surface area contributed by atoms with Crippen molar-refractivity contribution in [2.75, 3.05) is 0 Å². The van der Waals surface area contributed by atoms with Crippen molar-refractivity contribution in [3.05, 3.63) is 55.9 Å². The maximum atomic E-state index is 13.3.